The fraction of sp³-hybridized carbons (Fsp3) is 0.429. The summed E-state index contributed by atoms with van der Waals surface area (Å²) in [6.07, 6.45) is -0.988. The number of nitro groups is 1. The normalized spacial score (nSPS) is 11.7. The van der Waals surface area contributed by atoms with Crippen LogP contribution < -0.4 is 10.6 Å². The first-order chi connectivity index (χ1) is 10.3. The third kappa shape index (κ3) is 4.44. The van der Waals surface area contributed by atoms with Gasteiger partial charge in [-0.3, -0.25) is 14.9 Å². The zero-order valence-electron chi connectivity index (χ0n) is 12.9. The number of hydrogen-bond acceptors (Lipinski definition) is 6. The summed E-state index contributed by atoms with van der Waals surface area (Å²) in [5, 5.41) is 16.2. The molecular formula is C14H19N3O5. The largest absolute Gasteiger partial charge is 0.449 e. The summed E-state index contributed by atoms with van der Waals surface area (Å²) in [5.74, 6) is -1.22. The van der Waals surface area contributed by atoms with Crippen molar-refractivity contribution in [3.8, 4) is 0 Å². The number of ether oxygens (including phenoxy) is 1. The highest BCUT2D eigenvalue weighted by molar-refractivity contribution is 5.93. The van der Waals surface area contributed by atoms with Gasteiger partial charge in [0.05, 0.1) is 10.5 Å². The van der Waals surface area contributed by atoms with Crippen LogP contribution in [0.4, 0.5) is 11.4 Å². The number of carbonyl (C=O) groups excluding carboxylic acids is 2. The van der Waals surface area contributed by atoms with Crippen LogP contribution in [0.5, 0.6) is 0 Å². The minimum atomic E-state index is -0.988. The highest BCUT2D eigenvalue weighted by Gasteiger charge is 2.22. The number of nitro benzene ring substituents is 1. The van der Waals surface area contributed by atoms with Gasteiger partial charge in [0, 0.05) is 19.2 Å². The summed E-state index contributed by atoms with van der Waals surface area (Å²) in [5.41, 5.74) is 0.0540. The van der Waals surface area contributed by atoms with Gasteiger partial charge in [0.15, 0.2) is 6.10 Å². The van der Waals surface area contributed by atoms with Crippen LogP contribution in [0.15, 0.2) is 18.2 Å². The minimum Gasteiger partial charge on any atom is -0.449 e. The van der Waals surface area contributed by atoms with Crippen LogP contribution in [-0.4, -0.2) is 36.0 Å². The van der Waals surface area contributed by atoms with Gasteiger partial charge in [-0.2, -0.15) is 0 Å². The minimum absolute atomic E-state index is 0.00916. The molecule has 0 aliphatic rings. The maximum absolute atomic E-state index is 12.0. The predicted octanol–water partition coefficient (Wildman–Crippen LogP) is 1.71. The Morgan fingerprint density at radius 1 is 1.27 bits per heavy atom. The fourth-order valence-electron chi connectivity index (χ4n) is 1.71. The molecule has 0 saturated heterocycles. The number of rotatable bonds is 6. The number of hydrogen-bond donors (Lipinski definition) is 2. The van der Waals surface area contributed by atoms with E-state index in [9.17, 15) is 19.7 Å². The van der Waals surface area contributed by atoms with Gasteiger partial charge < -0.3 is 15.4 Å². The van der Waals surface area contributed by atoms with E-state index in [2.05, 4.69) is 10.6 Å². The second-order valence-electron chi connectivity index (χ2n) is 4.95. The van der Waals surface area contributed by atoms with E-state index < -0.39 is 22.9 Å². The number of anilines is 1. The molecule has 120 valence electrons. The van der Waals surface area contributed by atoms with Crippen LogP contribution >= 0.6 is 0 Å². The molecular weight excluding hydrogens is 290 g/mol. The average Bonchev–Trinajstić information content (AvgIpc) is 2.45. The number of nitrogens with one attached hydrogen (secondary N) is 2. The molecule has 0 saturated carbocycles. The van der Waals surface area contributed by atoms with Gasteiger partial charge in [-0.1, -0.05) is 0 Å². The molecule has 0 aliphatic carbocycles. The zero-order valence-corrected chi connectivity index (χ0v) is 12.9. The van der Waals surface area contributed by atoms with Crippen molar-refractivity contribution in [3.05, 3.63) is 33.9 Å². The Hall–Kier alpha value is -2.64. The van der Waals surface area contributed by atoms with Gasteiger partial charge in [-0.25, -0.2) is 4.79 Å². The van der Waals surface area contributed by atoms with Gasteiger partial charge in [0.2, 0.25) is 0 Å². The molecule has 0 unspecified atom stereocenters. The zero-order chi connectivity index (χ0) is 16.9. The highest BCUT2D eigenvalue weighted by Crippen LogP contribution is 2.25. The molecule has 0 aliphatic heterocycles. The van der Waals surface area contributed by atoms with E-state index in [0.717, 1.165) is 6.07 Å². The van der Waals surface area contributed by atoms with Gasteiger partial charge in [-0.15, -0.1) is 0 Å². The van der Waals surface area contributed by atoms with E-state index in [4.69, 9.17) is 4.74 Å². The van der Waals surface area contributed by atoms with Gasteiger partial charge >= 0.3 is 5.97 Å². The van der Waals surface area contributed by atoms with E-state index >= 15 is 0 Å². The molecule has 22 heavy (non-hydrogen) atoms. The quantitative estimate of drug-likeness (QED) is 0.470. The fourth-order valence-corrected chi connectivity index (χ4v) is 1.71. The topological polar surface area (TPSA) is 111 Å². The molecule has 1 rings (SSSR count). The van der Waals surface area contributed by atoms with Crippen LogP contribution in [0.3, 0.4) is 0 Å². The van der Waals surface area contributed by atoms with Crippen molar-refractivity contribution >= 4 is 23.3 Å². The lowest BCUT2D eigenvalue weighted by molar-refractivity contribution is -0.384. The van der Waals surface area contributed by atoms with Gasteiger partial charge in [0.25, 0.3) is 11.6 Å². The Morgan fingerprint density at radius 2 is 1.91 bits per heavy atom. The molecule has 1 atom stereocenters. The van der Waals surface area contributed by atoms with Crippen LogP contribution in [0.25, 0.3) is 0 Å². The average molecular weight is 309 g/mol. The predicted molar refractivity (Wildman–Crippen MR) is 80.8 cm³/mol. The van der Waals surface area contributed by atoms with Crippen molar-refractivity contribution in [1.82, 2.24) is 5.32 Å². The second kappa shape index (κ2) is 7.39. The van der Waals surface area contributed by atoms with E-state index in [1.54, 1.807) is 20.9 Å². The number of esters is 1. The molecule has 1 amide bonds. The van der Waals surface area contributed by atoms with Crippen molar-refractivity contribution in [2.45, 2.75) is 32.9 Å². The van der Waals surface area contributed by atoms with E-state index in [1.807, 2.05) is 0 Å². The lowest BCUT2D eigenvalue weighted by Gasteiger charge is -2.15. The molecule has 0 spiro atoms. The van der Waals surface area contributed by atoms with Gasteiger partial charge in [-0.05, 0) is 32.9 Å². The Bertz CT molecular complexity index is 586. The van der Waals surface area contributed by atoms with E-state index in [1.165, 1.54) is 19.1 Å². The van der Waals surface area contributed by atoms with Crippen molar-refractivity contribution < 1.29 is 19.2 Å². The maximum atomic E-state index is 12.0. The highest BCUT2D eigenvalue weighted by atomic mass is 16.6. The van der Waals surface area contributed by atoms with Crippen molar-refractivity contribution in [2.75, 3.05) is 12.4 Å². The molecule has 2 N–H and O–H groups in total. The lowest BCUT2D eigenvalue weighted by Crippen LogP contribution is -2.39. The smallest absolute Gasteiger partial charge is 0.339 e. The molecule has 0 radical (unpaired) electrons. The second-order valence-corrected chi connectivity index (χ2v) is 4.95. The van der Waals surface area contributed by atoms with Crippen LogP contribution in [0.2, 0.25) is 0 Å². The number of nitrogens with zero attached hydrogens (tertiary/aromatic N) is 1. The first kappa shape index (κ1) is 17.4. The molecule has 0 bridgehead atoms. The summed E-state index contributed by atoms with van der Waals surface area (Å²) in [4.78, 5) is 34.0. The molecule has 0 heterocycles. The van der Waals surface area contributed by atoms with Crippen LogP contribution in [0, 0.1) is 10.1 Å². The summed E-state index contributed by atoms with van der Waals surface area (Å²) in [6, 6.07) is 3.84. The molecule has 1 aromatic rings. The van der Waals surface area contributed by atoms with Crippen LogP contribution in [0.1, 0.15) is 31.1 Å². The lowest BCUT2D eigenvalue weighted by atomic mass is 10.1. The summed E-state index contributed by atoms with van der Waals surface area (Å²) in [6.45, 7) is 5.00. The molecule has 0 fully saturated rings. The molecule has 1 aromatic carbocycles. The van der Waals surface area contributed by atoms with Crippen molar-refractivity contribution in [2.24, 2.45) is 0 Å². The number of benzene rings is 1. The summed E-state index contributed by atoms with van der Waals surface area (Å²) >= 11 is 0. The SMILES string of the molecule is CNc1ccc(C(=O)O[C@@H](C)C(=O)NC(C)C)cc1[N+](=O)[O-]. The number of amides is 1. The van der Waals surface area contributed by atoms with Crippen molar-refractivity contribution in [1.29, 1.82) is 0 Å². The Labute approximate surface area is 128 Å². The molecule has 8 heteroatoms. The summed E-state index contributed by atoms with van der Waals surface area (Å²) in [7, 11) is 1.54. The third-order valence-corrected chi connectivity index (χ3v) is 2.78. The van der Waals surface area contributed by atoms with Crippen molar-refractivity contribution in [3.63, 3.8) is 0 Å². The number of carbonyl (C=O) groups is 2. The summed E-state index contributed by atoms with van der Waals surface area (Å²) < 4.78 is 5.01. The molecule has 0 aromatic heterocycles. The maximum Gasteiger partial charge on any atom is 0.339 e. The Morgan fingerprint density at radius 3 is 2.41 bits per heavy atom. The first-order valence-electron chi connectivity index (χ1n) is 6.73. The van der Waals surface area contributed by atoms with E-state index in [0.29, 0.717) is 0 Å². The van der Waals surface area contributed by atoms with E-state index in [-0.39, 0.29) is 23.0 Å². The Kier molecular flexibility index (Phi) is 5.85. The third-order valence-electron chi connectivity index (χ3n) is 2.78. The first-order valence-corrected chi connectivity index (χ1v) is 6.73. The van der Waals surface area contributed by atoms with Crippen LogP contribution in [-0.2, 0) is 9.53 Å². The van der Waals surface area contributed by atoms with Gasteiger partial charge in [0.1, 0.15) is 5.69 Å². The monoisotopic (exact) mass is 309 g/mol. The Balaban J connectivity index is 2.88. The molecule has 8 nitrogen and oxygen atoms in total. The standard InChI is InChI=1S/C14H19N3O5/c1-8(2)16-13(18)9(3)22-14(19)10-5-6-11(15-4)12(7-10)17(20)21/h5-9,15H,1-4H3,(H,16,18)/t9-/m0/s1.